The molecule has 1 saturated carbocycles. The Bertz CT molecular complexity index is 354. The maximum absolute atomic E-state index is 5.29. The first-order valence-electron chi connectivity index (χ1n) is 6.81. The van der Waals surface area contributed by atoms with E-state index in [9.17, 15) is 0 Å². The first-order valence-corrected chi connectivity index (χ1v) is 6.81. The maximum atomic E-state index is 5.29. The molecule has 4 fully saturated rings. The molecule has 4 aliphatic rings. The van der Waals surface area contributed by atoms with Gasteiger partial charge in [0.05, 0.1) is 5.71 Å². The van der Waals surface area contributed by atoms with E-state index in [4.69, 9.17) is 4.84 Å². The highest BCUT2D eigenvalue weighted by molar-refractivity contribution is 5.92. The molecule has 17 heavy (non-hydrogen) atoms. The molecule has 3 heteroatoms. The van der Waals surface area contributed by atoms with Gasteiger partial charge < -0.3 is 4.84 Å². The Kier molecular flexibility index (Phi) is 3.33. The molecule has 3 heterocycles. The fraction of sp³-hybridized carbons (Fsp3) is 0.786. The van der Waals surface area contributed by atoms with E-state index in [1.807, 2.05) is 0 Å². The second-order valence-corrected chi connectivity index (χ2v) is 5.40. The summed E-state index contributed by atoms with van der Waals surface area (Å²) in [5.41, 5.74) is 1.23. The smallest absolute Gasteiger partial charge is 0.177 e. The predicted molar refractivity (Wildman–Crippen MR) is 67.7 cm³/mol. The van der Waals surface area contributed by atoms with Crippen molar-refractivity contribution in [3.63, 3.8) is 0 Å². The van der Waals surface area contributed by atoms with Crippen molar-refractivity contribution < 1.29 is 4.84 Å². The lowest BCUT2D eigenvalue weighted by atomic mass is 9.90. The molecule has 4 rings (SSSR count). The summed E-state index contributed by atoms with van der Waals surface area (Å²) in [7, 11) is 0. The average molecular weight is 232 g/mol. The Morgan fingerprint density at radius 2 is 2.06 bits per heavy atom. The van der Waals surface area contributed by atoms with Crippen LogP contribution in [-0.2, 0) is 4.84 Å². The molecule has 92 valence electrons. The minimum atomic E-state index is 0.465. The summed E-state index contributed by atoms with van der Waals surface area (Å²) in [5, 5.41) is 4.20. The Hall–Kier alpha value is -1.01. The van der Waals surface area contributed by atoms with Gasteiger partial charge in [-0.1, -0.05) is 36.3 Å². The summed E-state index contributed by atoms with van der Waals surface area (Å²) in [6.45, 7) is 3.86. The standard InChI is InChI=1S/C14H20N2O/c1-2-5-12(6-3-1)7-4-8-17-15-14-11-16-9-13(14)10-16/h12-13H,1-3,5-6,8-11H2/b15-14+. The van der Waals surface area contributed by atoms with Gasteiger partial charge in [0.1, 0.15) is 0 Å². The van der Waals surface area contributed by atoms with Crippen LogP contribution in [0.25, 0.3) is 0 Å². The van der Waals surface area contributed by atoms with Gasteiger partial charge in [0.15, 0.2) is 6.61 Å². The van der Waals surface area contributed by atoms with Gasteiger partial charge in [0.25, 0.3) is 0 Å². The highest BCUT2D eigenvalue weighted by atomic mass is 16.6. The van der Waals surface area contributed by atoms with Crippen LogP contribution in [0.5, 0.6) is 0 Å². The third-order valence-electron chi connectivity index (χ3n) is 4.04. The highest BCUT2D eigenvalue weighted by Gasteiger charge is 2.40. The van der Waals surface area contributed by atoms with Crippen LogP contribution in [0, 0.1) is 23.7 Å². The van der Waals surface area contributed by atoms with Crippen LogP contribution in [-0.4, -0.2) is 36.9 Å². The zero-order chi connectivity index (χ0) is 11.5. The minimum absolute atomic E-state index is 0.465. The topological polar surface area (TPSA) is 24.8 Å². The molecule has 0 N–H and O–H groups in total. The molecule has 0 aromatic rings. The van der Waals surface area contributed by atoms with Gasteiger partial charge in [-0.3, -0.25) is 4.90 Å². The van der Waals surface area contributed by atoms with Crippen molar-refractivity contribution in [3.8, 4) is 11.8 Å². The molecular formula is C14H20N2O. The number of hydrogen-bond acceptors (Lipinski definition) is 3. The number of oxime groups is 1. The number of fused-ring (bicyclic) bond motifs is 1. The van der Waals surface area contributed by atoms with E-state index in [0.29, 0.717) is 18.4 Å². The lowest BCUT2D eigenvalue weighted by molar-refractivity contribution is 0.177. The van der Waals surface area contributed by atoms with E-state index in [0.717, 1.165) is 6.54 Å². The van der Waals surface area contributed by atoms with E-state index < -0.39 is 0 Å². The maximum Gasteiger partial charge on any atom is 0.177 e. The third-order valence-corrected chi connectivity index (χ3v) is 4.04. The first kappa shape index (κ1) is 11.1. The number of hydrogen-bond donors (Lipinski definition) is 0. The lowest BCUT2D eigenvalue weighted by Crippen LogP contribution is -2.36. The van der Waals surface area contributed by atoms with E-state index in [1.54, 1.807) is 0 Å². The minimum Gasteiger partial charge on any atom is -0.383 e. The van der Waals surface area contributed by atoms with Crippen molar-refractivity contribution in [3.05, 3.63) is 0 Å². The highest BCUT2D eigenvalue weighted by Crippen LogP contribution is 2.25. The Balaban J connectivity index is 1.38. The van der Waals surface area contributed by atoms with Crippen molar-refractivity contribution in [1.82, 2.24) is 4.90 Å². The Morgan fingerprint density at radius 1 is 1.24 bits per heavy atom. The van der Waals surface area contributed by atoms with Gasteiger partial charge in [0, 0.05) is 31.5 Å². The fourth-order valence-corrected chi connectivity index (χ4v) is 2.95. The summed E-state index contributed by atoms with van der Waals surface area (Å²) in [5.74, 6) is 7.73. The molecule has 0 aromatic heterocycles. The zero-order valence-corrected chi connectivity index (χ0v) is 10.3. The number of rotatable bonds is 2. The monoisotopic (exact) mass is 232 g/mol. The second kappa shape index (κ2) is 5.10. The zero-order valence-electron chi connectivity index (χ0n) is 10.3. The molecule has 0 unspecified atom stereocenters. The quantitative estimate of drug-likeness (QED) is 0.412. The molecule has 0 radical (unpaired) electrons. The predicted octanol–water partition coefficient (Wildman–Crippen LogP) is 1.89. The van der Waals surface area contributed by atoms with Gasteiger partial charge in [0.2, 0.25) is 0 Å². The molecule has 0 amide bonds. The average Bonchev–Trinajstić information content (AvgIpc) is 2.88. The summed E-state index contributed by atoms with van der Waals surface area (Å²) in [6, 6.07) is 0. The third kappa shape index (κ3) is 2.63. The van der Waals surface area contributed by atoms with Gasteiger partial charge in [-0.2, -0.15) is 0 Å². The second-order valence-electron chi connectivity index (χ2n) is 5.40. The molecule has 3 nitrogen and oxygen atoms in total. The lowest BCUT2D eigenvalue weighted by Gasteiger charge is -2.24. The summed E-state index contributed by atoms with van der Waals surface area (Å²) >= 11 is 0. The van der Waals surface area contributed by atoms with Crippen LogP contribution in [0.4, 0.5) is 0 Å². The van der Waals surface area contributed by atoms with E-state index >= 15 is 0 Å². The molecule has 0 aromatic carbocycles. The van der Waals surface area contributed by atoms with Crippen LogP contribution >= 0.6 is 0 Å². The van der Waals surface area contributed by atoms with Gasteiger partial charge in [-0.15, -0.1) is 0 Å². The van der Waals surface area contributed by atoms with E-state index in [-0.39, 0.29) is 0 Å². The Morgan fingerprint density at radius 3 is 2.76 bits per heavy atom. The fourth-order valence-electron chi connectivity index (χ4n) is 2.95. The van der Waals surface area contributed by atoms with Crippen molar-refractivity contribution in [2.24, 2.45) is 17.0 Å². The molecule has 1 aliphatic carbocycles. The Labute approximate surface area is 103 Å². The van der Waals surface area contributed by atoms with Crippen LogP contribution in [0.2, 0.25) is 0 Å². The van der Waals surface area contributed by atoms with Crippen molar-refractivity contribution in [2.75, 3.05) is 26.2 Å². The largest absolute Gasteiger partial charge is 0.383 e. The van der Waals surface area contributed by atoms with Crippen molar-refractivity contribution >= 4 is 5.71 Å². The molecule has 0 atom stereocenters. The van der Waals surface area contributed by atoms with E-state index in [2.05, 4.69) is 21.9 Å². The molecular weight excluding hydrogens is 212 g/mol. The summed E-state index contributed by atoms with van der Waals surface area (Å²) < 4.78 is 0. The first-order chi connectivity index (χ1) is 8.42. The van der Waals surface area contributed by atoms with Crippen LogP contribution in [0.1, 0.15) is 32.1 Å². The van der Waals surface area contributed by atoms with E-state index in [1.165, 1.54) is 50.9 Å². The van der Waals surface area contributed by atoms with Crippen LogP contribution in [0.3, 0.4) is 0 Å². The number of nitrogens with zero attached hydrogens (tertiary/aromatic N) is 2. The van der Waals surface area contributed by atoms with Crippen molar-refractivity contribution in [1.29, 1.82) is 0 Å². The molecule has 0 spiro atoms. The summed E-state index contributed by atoms with van der Waals surface area (Å²) in [6.07, 6.45) is 6.64. The van der Waals surface area contributed by atoms with Crippen LogP contribution < -0.4 is 0 Å². The SMILES string of the molecule is C(#CC1CCCCC1)CO/N=C1\CN2CC1C2. The molecule has 3 aliphatic heterocycles. The van der Waals surface area contributed by atoms with Gasteiger partial charge in [-0.25, -0.2) is 0 Å². The summed E-state index contributed by atoms with van der Waals surface area (Å²) in [4.78, 5) is 7.68. The van der Waals surface area contributed by atoms with Crippen LogP contribution in [0.15, 0.2) is 5.16 Å². The molecule has 3 saturated heterocycles. The van der Waals surface area contributed by atoms with Gasteiger partial charge in [-0.05, 0) is 12.8 Å². The normalized spacial score (nSPS) is 34.0. The van der Waals surface area contributed by atoms with Gasteiger partial charge >= 0.3 is 0 Å². The van der Waals surface area contributed by atoms with Crippen molar-refractivity contribution in [2.45, 2.75) is 32.1 Å². The molecule has 2 bridgehead atoms.